The molecule has 0 rings (SSSR count). The molecule has 0 aliphatic rings. The molecule has 0 radical (unpaired) electrons. The first-order chi connectivity index (χ1) is 3.66. The summed E-state index contributed by atoms with van der Waals surface area (Å²) >= 11 is 0. The second kappa shape index (κ2) is 3.07. The number of nitrogens with two attached hydrogens (primary N) is 2. The van der Waals surface area contributed by atoms with Gasteiger partial charge in [-0.25, -0.2) is 4.99 Å². The van der Waals surface area contributed by atoms with Gasteiger partial charge in [-0.2, -0.15) is 0 Å². The van der Waals surface area contributed by atoms with E-state index >= 15 is 0 Å². The van der Waals surface area contributed by atoms with Crippen molar-refractivity contribution in [3.05, 3.63) is 12.3 Å². The summed E-state index contributed by atoms with van der Waals surface area (Å²) in [6.07, 6.45) is 0.790. The third-order valence-corrected chi connectivity index (χ3v) is 0.695. The number of hydrogen-bond acceptors (Lipinski definition) is 1. The van der Waals surface area contributed by atoms with E-state index < -0.39 is 0 Å². The second-order valence-corrected chi connectivity index (χ2v) is 1.46. The number of nitrogens with zero attached hydrogens (tertiary/aromatic N) is 1. The highest BCUT2D eigenvalue weighted by atomic mass is 15.0. The quantitative estimate of drug-likeness (QED) is 0.396. The molecule has 4 N–H and O–H groups in total. The minimum absolute atomic E-state index is 0.0804. The standard InChI is InChI=1S/C5H11N3/c1-3-4(2)8-5(6)7/h2-3H2,1H3,(H4,6,7,8). The molecular formula is C5H11N3. The second-order valence-electron chi connectivity index (χ2n) is 1.46. The molecule has 0 amide bonds. The number of allylic oxidation sites excluding steroid dienone is 1. The molecule has 0 fully saturated rings. The van der Waals surface area contributed by atoms with E-state index in [0.29, 0.717) is 5.70 Å². The van der Waals surface area contributed by atoms with Crippen LogP contribution in [0.3, 0.4) is 0 Å². The van der Waals surface area contributed by atoms with Gasteiger partial charge in [-0.15, -0.1) is 0 Å². The van der Waals surface area contributed by atoms with E-state index in [1.54, 1.807) is 0 Å². The maximum atomic E-state index is 5.04. The van der Waals surface area contributed by atoms with Crippen molar-refractivity contribution in [3.63, 3.8) is 0 Å². The van der Waals surface area contributed by atoms with Crippen molar-refractivity contribution in [3.8, 4) is 0 Å². The van der Waals surface area contributed by atoms with E-state index in [4.69, 9.17) is 11.5 Å². The third-order valence-electron chi connectivity index (χ3n) is 0.695. The zero-order valence-corrected chi connectivity index (χ0v) is 5.02. The zero-order chi connectivity index (χ0) is 6.57. The lowest BCUT2D eigenvalue weighted by molar-refractivity contribution is 1.07. The molecule has 0 aromatic heterocycles. The van der Waals surface area contributed by atoms with E-state index in [1.807, 2.05) is 6.92 Å². The van der Waals surface area contributed by atoms with E-state index in [2.05, 4.69) is 11.6 Å². The molecule has 46 valence electrons. The molecule has 0 saturated heterocycles. The molecule has 8 heavy (non-hydrogen) atoms. The summed E-state index contributed by atoms with van der Waals surface area (Å²) in [5.41, 5.74) is 10.8. The lowest BCUT2D eigenvalue weighted by atomic mass is 10.4. The van der Waals surface area contributed by atoms with Crippen LogP contribution in [0.2, 0.25) is 0 Å². The Morgan fingerprint density at radius 1 is 1.62 bits per heavy atom. The third kappa shape index (κ3) is 3.21. The van der Waals surface area contributed by atoms with Crippen molar-refractivity contribution >= 4 is 5.96 Å². The normalized spacial score (nSPS) is 8.12. The molecule has 0 aliphatic heterocycles. The number of rotatable bonds is 2. The van der Waals surface area contributed by atoms with Crippen molar-refractivity contribution in [2.24, 2.45) is 16.5 Å². The summed E-state index contributed by atoms with van der Waals surface area (Å²) < 4.78 is 0. The predicted molar refractivity (Wildman–Crippen MR) is 35.2 cm³/mol. The van der Waals surface area contributed by atoms with Crippen LogP contribution in [0.25, 0.3) is 0 Å². The Bertz CT molecular complexity index is 111. The minimum atomic E-state index is 0.0804. The fraction of sp³-hybridized carbons (Fsp3) is 0.400. The maximum absolute atomic E-state index is 5.04. The first kappa shape index (κ1) is 7.01. The number of guanidine groups is 1. The summed E-state index contributed by atoms with van der Waals surface area (Å²) in [6.45, 7) is 5.51. The average molecular weight is 113 g/mol. The molecule has 0 spiro atoms. The number of aliphatic imine (C=N–C) groups is 1. The van der Waals surface area contributed by atoms with Crippen LogP contribution in [-0.4, -0.2) is 5.96 Å². The van der Waals surface area contributed by atoms with Crippen LogP contribution in [0.4, 0.5) is 0 Å². The van der Waals surface area contributed by atoms with Crippen LogP contribution < -0.4 is 11.5 Å². The molecule has 0 aromatic rings. The summed E-state index contributed by atoms with van der Waals surface area (Å²) in [5, 5.41) is 0. The molecule has 0 aromatic carbocycles. The Labute approximate surface area is 49.1 Å². The SMILES string of the molecule is C=C(CC)N=C(N)N. The fourth-order valence-electron chi connectivity index (χ4n) is 0.262. The van der Waals surface area contributed by atoms with Crippen LogP contribution >= 0.6 is 0 Å². The molecule has 0 saturated carbocycles. The van der Waals surface area contributed by atoms with Crippen molar-refractivity contribution in [1.82, 2.24) is 0 Å². The zero-order valence-electron chi connectivity index (χ0n) is 5.02. The molecule has 3 nitrogen and oxygen atoms in total. The Kier molecular flexibility index (Phi) is 2.69. The molecule has 0 heterocycles. The van der Waals surface area contributed by atoms with Crippen molar-refractivity contribution in [2.75, 3.05) is 0 Å². The van der Waals surface area contributed by atoms with Gasteiger partial charge in [0.2, 0.25) is 0 Å². The Morgan fingerprint density at radius 3 is 2.25 bits per heavy atom. The summed E-state index contributed by atoms with van der Waals surface area (Å²) in [4.78, 5) is 3.67. The van der Waals surface area contributed by atoms with Crippen LogP contribution in [0, 0.1) is 0 Å². The topological polar surface area (TPSA) is 64.4 Å². The van der Waals surface area contributed by atoms with Crippen molar-refractivity contribution in [1.29, 1.82) is 0 Å². The van der Waals surface area contributed by atoms with E-state index in [1.165, 1.54) is 0 Å². The first-order valence-electron chi connectivity index (χ1n) is 2.44. The highest BCUT2D eigenvalue weighted by molar-refractivity contribution is 5.76. The molecule has 0 aliphatic carbocycles. The van der Waals surface area contributed by atoms with E-state index in [0.717, 1.165) is 6.42 Å². The van der Waals surface area contributed by atoms with Crippen LogP contribution in [-0.2, 0) is 0 Å². The first-order valence-corrected chi connectivity index (χ1v) is 2.44. The van der Waals surface area contributed by atoms with Gasteiger partial charge in [-0.1, -0.05) is 13.5 Å². The summed E-state index contributed by atoms with van der Waals surface area (Å²) in [5.74, 6) is 0.0804. The minimum Gasteiger partial charge on any atom is -0.370 e. The Balaban J connectivity index is 3.70. The highest BCUT2D eigenvalue weighted by Crippen LogP contribution is 1.94. The molecule has 0 atom stereocenters. The van der Waals surface area contributed by atoms with Gasteiger partial charge in [0.15, 0.2) is 5.96 Å². The van der Waals surface area contributed by atoms with Gasteiger partial charge < -0.3 is 11.5 Å². The molecule has 3 heteroatoms. The fourth-order valence-corrected chi connectivity index (χ4v) is 0.262. The number of hydrogen-bond donors (Lipinski definition) is 2. The van der Waals surface area contributed by atoms with Gasteiger partial charge in [-0.3, -0.25) is 0 Å². The van der Waals surface area contributed by atoms with Gasteiger partial charge in [0.25, 0.3) is 0 Å². The largest absolute Gasteiger partial charge is 0.370 e. The van der Waals surface area contributed by atoms with Gasteiger partial charge >= 0.3 is 0 Å². The average Bonchev–Trinajstić information content (AvgIpc) is 1.65. The summed E-state index contributed by atoms with van der Waals surface area (Å²) in [7, 11) is 0. The van der Waals surface area contributed by atoms with Crippen LogP contribution in [0.5, 0.6) is 0 Å². The monoisotopic (exact) mass is 113 g/mol. The van der Waals surface area contributed by atoms with Crippen molar-refractivity contribution in [2.45, 2.75) is 13.3 Å². The van der Waals surface area contributed by atoms with Crippen LogP contribution in [0.1, 0.15) is 13.3 Å². The Morgan fingerprint density at radius 2 is 2.12 bits per heavy atom. The molecule has 0 bridgehead atoms. The predicted octanol–water partition coefficient (Wildman–Crippen LogP) is 0.184. The van der Waals surface area contributed by atoms with Gasteiger partial charge in [0, 0.05) is 5.70 Å². The van der Waals surface area contributed by atoms with E-state index in [-0.39, 0.29) is 5.96 Å². The maximum Gasteiger partial charge on any atom is 0.190 e. The van der Waals surface area contributed by atoms with Gasteiger partial charge in [-0.05, 0) is 6.42 Å². The Hall–Kier alpha value is -0.990. The van der Waals surface area contributed by atoms with Gasteiger partial charge in [0.05, 0.1) is 0 Å². The lowest BCUT2D eigenvalue weighted by Crippen LogP contribution is -2.22. The lowest BCUT2D eigenvalue weighted by Gasteiger charge is -1.91. The van der Waals surface area contributed by atoms with Gasteiger partial charge in [0.1, 0.15) is 0 Å². The van der Waals surface area contributed by atoms with Crippen molar-refractivity contribution < 1.29 is 0 Å². The smallest absolute Gasteiger partial charge is 0.190 e. The van der Waals surface area contributed by atoms with E-state index in [9.17, 15) is 0 Å². The van der Waals surface area contributed by atoms with Crippen LogP contribution in [0.15, 0.2) is 17.3 Å². The summed E-state index contributed by atoms with van der Waals surface area (Å²) in [6, 6.07) is 0. The molecular weight excluding hydrogens is 102 g/mol. The molecule has 0 unspecified atom stereocenters. The highest BCUT2D eigenvalue weighted by Gasteiger charge is 1.82.